The number of carbonyl (C=O) groups is 1. The first-order valence-electron chi connectivity index (χ1n) is 6.95. The second-order valence-corrected chi connectivity index (χ2v) is 6.59. The van der Waals surface area contributed by atoms with E-state index in [9.17, 15) is 4.79 Å². The first-order valence-corrected chi connectivity index (χ1v) is 7.83. The van der Waals surface area contributed by atoms with Crippen molar-refractivity contribution in [2.24, 2.45) is 7.05 Å². The van der Waals surface area contributed by atoms with Gasteiger partial charge in [0.15, 0.2) is 10.9 Å². The van der Waals surface area contributed by atoms with Crippen molar-refractivity contribution in [1.82, 2.24) is 9.55 Å². The van der Waals surface area contributed by atoms with Crippen LogP contribution in [-0.4, -0.2) is 20.6 Å². The molecule has 0 unspecified atom stereocenters. The number of Topliss-reactive ketones (excluding diaryl/α,β-unsaturated/α-hetero) is 1. The van der Waals surface area contributed by atoms with Gasteiger partial charge < -0.3 is 4.57 Å². The molecule has 0 radical (unpaired) electrons. The summed E-state index contributed by atoms with van der Waals surface area (Å²) in [4.78, 5) is 16.8. The Balaban J connectivity index is 1.76. The molecule has 1 aromatic carbocycles. The van der Waals surface area contributed by atoms with E-state index < -0.39 is 0 Å². The second kappa shape index (κ2) is 5.44. The van der Waals surface area contributed by atoms with Gasteiger partial charge in [-0.3, -0.25) is 4.79 Å². The van der Waals surface area contributed by atoms with E-state index in [1.807, 2.05) is 30.8 Å². The largest absolute Gasteiger partial charge is 0.329 e. The van der Waals surface area contributed by atoms with Crippen LogP contribution in [0.25, 0.3) is 0 Å². The maximum absolute atomic E-state index is 12.5. The monoisotopic (exact) mass is 286 g/mol. The smallest absolute Gasteiger partial charge is 0.176 e. The molecule has 1 aromatic heterocycles. The van der Waals surface area contributed by atoms with Gasteiger partial charge in [-0.15, -0.1) is 0 Å². The number of ketones is 1. The zero-order chi connectivity index (χ0) is 14.1. The molecule has 0 saturated carbocycles. The van der Waals surface area contributed by atoms with Gasteiger partial charge >= 0.3 is 0 Å². The lowest BCUT2D eigenvalue weighted by molar-refractivity contribution is 0.0994. The van der Waals surface area contributed by atoms with E-state index in [1.165, 1.54) is 29.3 Å². The Morgan fingerprint density at radius 2 is 2.15 bits per heavy atom. The van der Waals surface area contributed by atoms with Crippen LogP contribution < -0.4 is 0 Å². The maximum Gasteiger partial charge on any atom is 0.176 e. The number of imidazole rings is 1. The summed E-state index contributed by atoms with van der Waals surface area (Å²) in [6.45, 7) is 1.95. The number of hydrogen-bond acceptors (Lipinski definition) is 3. The molecule has 0 amide bonds. The van der Waals surface area contributed by atoms with E-state index in [0.29, 0.717) is 0 Å². The third-order valence-corrected chi connectivity index (χ3v) is 4.98. The van der Waals surface area contributed by atoms with E-state index in [-0.39, 0.29) is 11.0 Å². The highest BCUT2D eigenvalue weighted by molar-refractivity contribution is 8.00. The van der Waals surface area contributed by atoms with Gasteiger partial charge in [0.2, 0.25) is 0 Å². The summed E-state index contributed by atoms with van der Waals surface area (Å²) < 4.78 is 1.94. The van der Waals surface area contributed by atoms with Crippen LogP contribution in [0.5, 0.6) is 0 Å². The second-order valence-electron chi connectivity index (χ2n) is 5.28. The molecular formula is C16H18N2OS. The van der Waals surface area contributed by atoms with E-state index in [4.69, 9.17) is 0 Å². The predicted octanol–water partition coefficient (Wildman–Crippen LogP) is 3.27. The summed E-state index contributed by atoms with van der Waals surface area (Å²) in [7, 11) is 1.95. The zero-order valence-electron chi connectivity index (χ0n) is 11.8. The van der Waals surface area contributed by atoms with Gasteiger partial charge in [0.05, 0.1) is 5.25 Å². The molecule has 3 nitrogen and oxygen atoms in total. The molecule has 3 rings (SSSR count). The van der Waals surface area contributed by atoms with Crippen LogP contribution in [0.4, 0.5) is 0 Å². The number of aryl methyl sites for hydroxylation is 3. The Bertz CT molecular complexity index is 648. The first kappa shape index (κ1) is 13.4. The third kappa shape index (κ3) is 2.52. The number of aromatic nitrogens is 2. The van der Waals surface area contributed by atoms with Crippen LogP contribution >= 0.6 is 11.8 Å². The van der Waals surface area contributed by atoms with Gasteiger partial charge in [0.25, 0.3) is 0 Å². The van der Waals surface area contributed by atoms with E-state index in [1.54, 1.807) is 6.20 Å². The molecule has 1 aliphatic carbocycles. The van der Waals surface area contributed by atoms with Crippen molar-refractivity contribution in [1.29, 1.82) is 0 Å². The van der Waals surface area contributed by atoms with Crippen molar-refractivity contribution in [2.75, 3.05) is 0 Å². The summed E-state index contributed by atoms with van der Waals surface area (Å²) in [5, 5.41) is 0.766. The fraction of sp³-hybridized carbons (Fsp3) is 0.375. The molecule has 0 N–H and O–H groups in total. The molecule has 4 heteroatoms. The van der Waals surface area contributed by atoms with Crippen LogP contribution in [0.2, 0.25) is 0 Å². The lowest BCUT2D eigenvalue weighted by atomic mass is 10.0. The Kier molecular flexibility index (Phi) is 3.66. The average molecular weight is 286 g/mol. The molecule has 1 aliphatic rings. The molecule has 1 heterocycles. The Morgan fingerprint density at radius 1 is 1.35 bits per heavy atom. The van der Waals surface area contributed by atoms with E-state index >= 15 is 0 Å². The fourth-order valence-corrected chi connectivity index (χ4v) is 3.55. The number of nitrogens with zero attached hydrogens (tertiary/aromatic N) is 2. The lowest BCUT2D eigenvalue weighted by Gasteiger charge is -2.11. The minimum atomic E-state index is -0.115. The number of carbonyl (C=O) groups excluding carboxylic acids is 1. The molecule has 2 aromatic rings. The number of hydrogen-bond donors (Lipinski definition) is 0. The highest BCUT2D eigenvalue weighted by Crippen LogP contribution is 2.27. The third-order valence-electron chi connectivity index (χ3n) is 3.81. The molecule has 0 fully saturated rings. The van der Waals surface area contributed by atoms with Gasteiger partial charge in [-0.1, -0.05) is 23.9 Å². The molecule has 0 spiro atoms. The van der Waals surface area contributed by atoms with Gasteiger partial charge in [0, 0.05) is 25.0 Å². The van der Waals surface area contributed by atoms with Gasteiger partial charge in [0.1, 0.15) is 0 Å². The van der Waals surface area contributed by atoms with Crippen LogP contribution in [0.3, 0.4) is 0 Å². The quantitative estimate of drug-likeness (QED) is 0.639. The van der Waals surface area contributed by atoms with Crippen molar-refractivity contribution < 1.29 is 4.79 Å². The summed E-state index contributed by atoms with van der Waals surface area (Å²) in [6, 6.07) is 6.18. The van der Waals surface area contributed by atoms with Crippen molar-refractivity contribution in [2.45, 2.75) is 36.6 Å². The highest BCUT2D eigenvalue weighted by Gasteiger charge is 2.20. The van der Waals surface area contributed by atoms with Crippen LogP contribution in [0.1, 0.15) is 34.8 Å². The van der Waals surface area contributed by atoms with Gasteiger partial charge in [-0.05, 0) is 43.4 Å². The number of thioether (sulfide) groups is 1. The number of fused-ring (bicyclic) bond motifs is 1. The van der Waals surface area contributed by atoms with Crippen molar-refractivity contribution >= 4 is 17.5 Å². The van der Waals surface area contributed by atoms with Crippen molar-refractivity contribution in [3.63, 3.8) is 0 Å². The zero-order valence-corrected chi connectivity index (χ0v) is 12.6. The summed E-state index contributed by atoms with van der Waals surface area (Å²) in [5.74, 6) is 0.188. The van der Waals surface area contributed by atoms with Crippen LogP contribution in [0, 0.1) is 0 Å². The Labute approximate surface area is 123 Å². The predicted molar refractivity (Wildman–Crippen MR) is 81.3 cm³/mol. The number of rotatable bonds is 4. The van der Waals surface area contributed by atoms with E-state index in [0.717, 1.165) is 23.6 Å². The van der Waals surface area contributed by atoms with Crippen molar-refractivity contribution in [3.8, 4) is 0 Å². The molecule has 0 bridgehead atoms. The maximum atomic E-state index is 12.5. The summed E-state index contributed by atoms with van der Waals surface area (Å²) in [6.07, 6.45) is 7.13. The molecule has 104 valence electrons. The van der Waals surface area contributed by atoms with Gasteiger partial charge in [-0.2, -0.15) is 0 Å². The summed E-state index contributed by atoms with van der Waals surface area (Å²) >= 11 is 1.52. The van der Waals surface area contributed by atoms with Crippen LogP contribution in [-0.2, 0) is 19.9 Å². The molecular weight excluding hydrogens is 268 g/mol. The number of benzene rings is 1. The first-order chi connectivity index (χ1) is 9.65. The van der Waals surface area contributed by atoms with Crippen LogP contribution in [0.15, 0.2) is 35.7 Å². The molecule has 0 aliphatic heterocycles. The highest BCUT2D eigenvalue weighted by atomic mass is 32.2. The molecule has 1 atom stereocenters. The molecule has 20 heavy (non-hydrogen) atoms. The Morgan fingerprint density at radius 3 is 2.90 bits per heavy atom. The topological polar surface area (TPSA) is 34.9 Å². The fourth-order valence-electron chi connectivity index (χ4n) is 2.64. The summed E-state index contributed by atoms with van der Waals surface area (Å²) in [5.41, 5.74) is 3.59. The lowest BCUT2D eigenvalue weighted by Crippen LogP contribution is -2.14. The average Bonchev–Trinajstić information content (AvgIpc) is 3.06. The minimum absolute atomic E-state index is 0.115. The Hall–Kier alpha value is -1.55. The normalized spacial score (nSPS) is 15.1. The minimum Gasteiger partial charge on any atom is -0.329 e. The SMILES string of the molecule is C[C@@H](Sc1nccn1C)C(=O)c1ccc2c(c1)CCC2. The van der Waals surface area contributed by atoms with Gasteiger partial charge in [-0.25, -0.2) is 4.98 Å². The van der Waals surface area contributed by atoms with Crippen molar-refractivity contribution in [3.05, 3.63) is 47.3 Å². The standard InChI is InChI=1S/C16H18N2OS/c1-11(20-16-17-8-9-18(16)2)15(19)14-7-6-12-4-3-5-13(12)10-14/h6-11H,3-5H2,1-2H3/t11-/m1/s1. The van der Waals surface area contributed by atoms with E-state index in [2.05, 4.69) is 17.1 Å². The molecule has 0 saturated heterocycles.